The molecule has 0 aliphatic carbocycles. The third-order valence-electron chi connectivity index (χ3n) is 9.18. The number of carbonyl (C=O) groups excluding carboxylic acids is 2. The number of carbonyl (C=O) groups is 3. The summed E-state index contributed by atoms with van der Waals surface area (Å²) in [7, 11) is 2.00. The van der Waals surface area contributed by atoms with E-state index in [1.54, 1.807) is 35.2 Å². The maximum Gasteiger partial charge on any atom is 0.290 e. The molecule has 12 nitrogen and oxygen atoms in total. The molecule has 3 saturated heterocycles. The Morgan fingerprint density at radius 1 is 1.04 bits per heavy atom. The lowest BCUT2D eigenvalue weighted by Gasteiger charge is -2.31. The number of hydrogen-bond acceptors (Lipinski definition) is 8. The molecule has 0 spiro atoms. The normalized spacial score (nSPS) is 15.9. The monoisotopic (exact) mass is 722 g/mol. The van der Waals surface area contributed by atoms with E-state index >= 15 is 0 Å². The Morgan fingerprint density at radius 2 is 1.75 bits per heavy atom. The van der Waals surface area contributed by atoms with Gasteiger partial charge in [-0.3, -0.25) is 19.3 Å². The van der Waals surface area contributed by atoms with E-state index in [9.17, 15) is 14.0 Å². The quantitative estimate of drug-likeness (QED) is 0.224. The summed E-state index contributed by atoms with van der Waals surface area (Å²) in [6, 6.07) is 15.8. The van der Waals surface area contributed by atoms with E-state index in [0.717, 1.165) is 87.6 Å². The van der Waals surface area contributed by atoms with Crippen LogP contribution in [0.4, 0.5) is 4.39 Å². The van der Waals surface area contributed by atoms with Gasteiger partial charge in [0.2, 0.25) is 11.8 Å². The predicted octanol–water partition coefficient (Wildman–Crippen LogP) is 5.18. The number of pyridine rings is 1. The Kier molecular flexibility index (Phi) is 13.7. The molecule has 7 rings (SSSR count). The van der Waals surface area contributed by atoms with Gasteiger partial charge >= 0.3 is 0 Å². The first-order chi connectivity index (χ1) is 24.7. The SMILES string of the molecule is C1COC1.Cn1c(CN2CCC(c3cccc(OCc4ccc(Cl)cc4F)n3)CC2)nc2cc(C(=O)NCC(=O)N3CCCC3)ccc21.O=CO. The largest absolute Gasteiger partial charge is 0.483 e. The molecular weight excluding hydrogens is 679 g/mol. The van der Waals surface area contributed by atoms with E-state index in [-0.39, 0.29) is 31.4 Å². The smallest absolute Gasteiger partial charge is 0.290 e. The van der Waals surface area contributed by atoms with Gasteiger partial charge in [-0.1, -0.05) is 23.7 Å². The number of rotatable bonds is 9. The van der Waals surface area contributed by atoms with Crippen molar-refractivity contribution in [1.29, 1.82) is 0 Å². The van der Waals surface area contributed by atoms with Gasteiger partial charge < -0.3 is 29.4 Å². The van der Waals surface area contributed by atoms with Crippen LogP contribution < -0.4 is 10.1 Å². The first kappa shape index (κ1) is 37.7. The number of piperidine rings is 1. The van der Waals surface area contributed by atoms with Gasteiger partial charge in [0.05, 0.1) is 24.1 Å². The highest BCUT2D eigenvalue weighted by atomic mass is 35.5. The number of halogens is 2. The number of benzene rings is 2. The van der Waals surface area contributed by atoms with Crippen molar-refractivity contribution in [2.45, 2.75) is 51.2 Å². The summed E-state index contributed by atoms with van der Waals surface area (Å²) in [5.74, 6) is 1.01. The highest BCUT2D eigenvalue weighted by Crippen LogP contribution is 2.29. The van der Waals surface area contributed by atoms with Crippen LogP contribution >= 0.6 is 11.6 Å². The van der Waals surface area contributed by atoms with Crippen LogP contribution in [-0.4, -0.2) is 93.7 Å². The zero-order valence-corrected chi connectivity index (χ0v) is 29.5. The van der Waals surface area contributed by atoms with Crippen LogP contribution in [0.15, 0.2) is 54.6 Å². The van der Waals surface area contributed by atoms with Crippen molar-refractivity contribution < 1.29 is 33.4 Å². The fraction of sp³-hybridized carbons (Fsp3) is 0.432. The molecule has 2 N–H and O–H groups in total. The highest BCUT2D eigenvalue weighted by Gasteiger charge is 2.24. The summed E-state index contributed by atoms with van der Waals surface area (Å²) in [5, 5.41) is 10.0. The molecule has 4 aromatic rings. The minimum Gasteiger partial charge on any atom is -0.483 e. The zero-order valence-electron chi connectivity index (χ0n) is 28.7. The molecular formula is C37H44ClFN6O6. The molecule has 0 unspecified atom stereocenters. The van der Waals surface area contributed by atoms with Crippen molar-refractivity contribution in [3.8, 4) is 5.88 Å². The Morgan fingerprint density at radius 3 is 2.41 bits per heavy atom. The number of nitrogens with one attached hydrogen (secondary N) is 1. The first-order valence-corrected chi connectivity index (χ1v) is 17.6. The van der Waals surface area contributed by atoms with Gasteiger partial charge in [0.25, 0.3) is 12.4 Å². The van der Waals surface area contributed by atoms with E-state index in [0.29, 0.717) is 34.5 Å². The first-order valence-electron chi connectivity index (χ1n) is 17.2. The van der Waals surface area contributed by atoms with E-state index in [4.69, 9.17) is 40.9 Å². The molecule has 0 atom stereocenters. The average molecular weight is 723 g/mol. The van der Waals surface area contributed by atoms with Crippen molar-refractivity contribution >= 4 is 40.9 Å². The third kappa shape index (κ3) is 10.5. The standard InChI is InChI=1S/C33H36ClFN6O3.C3H6O.CH2O2/c1-39-29-10-8-23(33(43)36-19-32(42)41-13-2-3-14-41)17-28(29)37-30(39)20-40-15-11-22(12-16-40)27-5-4-6-31(38-27)44-21-24-7-9-25(34)18-26(24)35;1-2-4-3-1;2-1-3/h4-10,17-18,22H,2-3,11-16,19-21H2,1H3,(H,36,43);1-3H2;1H,(H,2,3). The second-order valence-electron chi connectivity index (χ2n) is 12.6. The van der Waals surface area contributed by atoms with Crippen LogP contribution in [-0.2, 0) is 34.5 Å². The Labute approximate surface area is 301 Å². The second-order valence-corrected chi connectivity index (χ2v) is 13.0. The molecule has 3 fully saturated rings. The van der Waals surface area contributed by atoms with Crippen molar-refractivity contribution in [2.75, 3.05) is 45.9 Å². The molecule has 2 amide bonds. The topological polar surface area (TPSA) is 139 Å². The van der Waals surface area contributed by atoms with E-state index in [1.165, 1.54) is 12.5 Å². The Bertz CT molecular complexity index is 1780. The summed E-state index contributed by atoms with van der Waals surface area (Å²) in [6.45, 7) is 5.88. The lowest BCUT2D eigenvalue weighted by molar-refractivity contribution is -0.129. The summed E-state index contributed by atoms with van der Waals surface area (Å²) < 4.78 is 26.7. The molecule has 3 aliphatic heterocycles. The minimum absolute atomic E-state index is 0.0104. The van der Waals surface area contributed by atoms with Crippen LogP contribution in [0.1, 0.15) is 65.5 Å². The van der Waals surface area contributed by atoms with Gasteiger partial charge in [-0.2, -0.15) is 0 Å². The molecule has 272 valence electrons. The Hall–Kier alpha value is -4.59. The number of likely N-dealkylation sites (tertiary alicyclic amines) is 2. The molecule has 5 heterocycles. The minimum atomic E-state index is -0.395. The van der Waals surface area contributed by atoms with Gasteiger partial charge in [0, 0.05) is 67.2 Å². The summed E-state index contributed by atoms with van der Waals surface area (Å²) >= 11 is 5.85. The predicted molar refractivity (Wildman–Crippen MR) is 190 cm³/mol. The number of carboxylic acid groups (broad SMARTS) is 1. The van der Waals surface area contributed by atoms with Crippen LogP contribution in [0.25, 0.3) is 11.0 Å². The van der Waals surface area contributed by atoms with Gasteiger partial charge in [-0.25, -0.2) is 14.4 Å². The van der Waals surface area contributed by atoms with Crippen molar-refractivity contribution in [3.63, 3.8) is 0 Å². The molecule has 51 heavy (non-hydrogen) atoms. The zero-order chi connectivity index (χ0) is 36.2. The van der Waals surface area contributed by atoms with Crippen molar-refractivity contribution in [2.24, 2.45) is 7.05 Å². The number of ether oxygens (including phenoxy) is 2. The molecule has 0 saturated carbocycles. The molecule has 0 bridgehead atoms. The second kappa shape index (κ2) is 18.6. The number of amides is 2. The lowest BCUT2D eigenvalue weighted by Crippen LogP contribution is -2.38. The van der Waals surface area contributed by atoms with Crippen LogP contribution in [0.2, 0.25) is 5.02 Å². The molecule has 3 aliphatic rings. The van der Waals surface area contributed by atoms with Gasteiger partial charge in [-0.15, -0.1) is 0 Å². The summed E-state index contributed by atoms with van der Waals surface area (Å²) in [4.78, 5) is 47.2. The van der Waals surface area contributed by atoms with Gasteiger partial charge in [0.15, 0.2) is 0 Å². The fourth-order valence-electron chi connectivity index (χ4n) is 6.13. The summed E-state index contributed by atoms with van der Waals surface area (Å²) in [5.41, 5.74) is 3.62. The molecule has 2 aromatic carbocycles. The number of aromatic nitrogens is 3. The maximum absolute atomic E-state index is 14.1. The third-order valence-corrected chi connectivity index (χ3v) is 9.41. The van der Waals surface area contributed by atoms with Crippen LogP contribution in [0.3, 0.4) is 0 Å². The average Bonchev–Trinajstić information content (AvgIpc) is 3.75. The number of aryl methyl sites for hydroxylation is 1. The van der Waals surface area contributed by atoms with E-state index in [1.807, 2.05) is 25.2 Å². The number of hydrogen-bond donors (Lipinski definition) is 2. The molecule has 2 aromatic heterocycles. The number of nitrogens with zero attached hydrogens (tertiary/aromatic N) is 5. The Balaban J connectivity index is 0.000000653. The highest BCUT2D eigenvalue weighted by molar-refractivity contribution is 6.30. The van der Waals surface area contributed by atoms with Gasteiger partial charge in [-0.05, 0) is 81.6 Å². The van der Waals surface area contributed by atoms with E-state index < -0.39 is 5.82 Å². The molecule has 0 radical (unpaired) electrons. The fourth-order valence-corrected chi connectivity index (χ4v) is 6.29. The van der Waals surface area contributed by atoms with Crippen LogP contribution in [0.5, 0.6) is 5.88 Å². The molecule has 14 heteroatoms. The summed E-state index contributed by atoms with van der Waals surface area (Å²) in [6.07, 6.45) is 5.22. The van der Waals surface area contributed by atoms with Gasteiger partial charge in [0.1, 0.15) is 18.2 Å². The number of fused-ring (bicyclic) bond motifs is 1. The maximum atomic E-state index is 14.1. The van der Waals surface area contributed by atoms with Crippen LogP contribution in [0, 0.1) is 5.82 Å². The lowest BCUT2D eigenvalue weighted by atomic mass is 9.93. The van der Waals surface area contributed by atoms with Crippen molar-refractivity contribution in [1.82, 2.24) is 29.7 Å². The van der Waals surface area contributed by atoms with E-state index in [2.05, 4.69) is 14.8 Å². The van der Waals surface area contributed by atoms with Crippen molar-refractivity contribution in [3.05, 3.63) is 88.1 Å². The number of imidazole rings is 1.